The van der Waals surface area contributed by atoms with Crippen LogP contribution < -0.4 is 31.9 Å². The Morgan fingerprint density at radius 1 is 0.341 bits per heavy atom. The van der Waals surface area contributed by atoms with Gasteiger partial charge in [-0.15, -0.1) is 0 Å². The van der Waals surface area contributed by atoms with Crippen molar-refractivity contribution in [2.75, 3.05) is 49.8 Å². The number of unbranched alkanes of at least 4 members (excludes halogenated alkanes) is 2. The van der Waals surface area contributed by atoms with Crippen LogP contribution in [0.5, 0.6) is 0 Å². The molecule has 12 rings (SSSR count). The fraction of sp³-hybridized carbons (Fsp3) is 0.125. The van der Waals surface area contributed by atoms with Gasteiger partial charge in [-0.1, -0.05) is 202 Å². The van der Waals surface area contributed by atoms with Gasteiger partial charge in [0.2, 0.25) is 0 Å². The van der Waals surface area contributed by atoms with E-state index in [1.54, 1.807) is 14.2 Å². The van der Waals surface area contributed by atoms with Gasteiger partial charge < -0.3 is 36.6 Å². The Kier molecular flexibility index (Phi) is 20.4. The lowest BCUT2D eigenvalue weighted by atomic mass is 10.0. The second-order valence-electron chi connectivity index (χ2n) is 20.2. The summed E-state index contributed by atoms with van der Waals surface area (Å²) in [4.78, 5) is 65.2. The van der Waals surface area contributed by atoms with Crippen LogP contribution in [0.15, 0.2) is 237 Å². The number of nitrogens with zero attached hydrogens (tertiary/aromatic N) is 6. The van der Waals surface area contributed by atoms with Crippen LogP contribution in [0, 0.1) is 0 Å². The van der Waals surface area contributed by atoms with Crippen LogP contribution in [0.4, 0.5) is 31.4 Å². The maximum absolute atomic E-state index is 12.2. The minimum Gasteiger partial charge on any atom is -0.383 e. The first-order valence-corrected chi connectivity index (χ1v) is 29.1. The van der Waals surface area contributed by atoms with E-state index < -0.39 is 0 Å². The highest BCUT2D eigenvalue weighted by atomic mass is 16.5. The molecule has 0 fully saturated rings. The molecule has 0 aliphatic heterocycles. The minimum atomic E-state index is -0.288. The van der Waals surface area contributed by atoms with Gasteiger partial charge in [0.15, 0.2) is 0 Å². The molecule has 0 radical (unpaired) electrons. The summed E-state index contributed by atoms with van der Waals surface area (Å²) < 4.78 is 4.94. The van der Waals surface area contributed by atoms with E-state index in [0.717, 1.165) is 114 Å². The molecule has 16 heteroatoms. The molecule has 0 unspecified atom stereocenters. The molecule has 0 saturated heterocycles. The van der Waals surface area contributed by atoms with Gasteiger partial charge in [-0.2, -0.15) is 0 Å². The Morgan fingerprint density at radius 2 is 0.614 bits per heavy atom. The number of nitrogens with one attached hydrogen (secondary N) is 6. The summed E-state index contributed by atoms with van der Waals surface area (Å²) in [5, 5.41) is 16.7. The van der Waals surface area contributed by atoms with Crippen LogP contribution in [0.2, 0.25) is 0 Å². The molecule has 12 aromatic rings. The topological polar surface area (TPSA) is 210 Å². The smallest absolute Gasteiger partial charge is 0.319 e. The maximum Gasteiger partial charge on any atom is 0.319 e. The Labute approximate surface area is 511 Å². The fourth-order valence-electron chi connectivity index (χ4n) is 9.57. The predicted molar refractivity (Wildman–Crippen MR) is 355 cm³/mol. The van der Waals surface area contributed by atoms with E-state index in [2.05, 4.69) is 38.8 Å². The van der Waals surface area contributed by atoms with Gasteiger partial charge >= 0.3 is 18.1 Å². The van der Waals surface area contributed by atoms with Crippen molar-refractivity contribution in [2.24, 2.45) is 0 Å². The Morgan fingerprint density at radius 3 is 0.886 bits per heavy atom. The average molecular weight is 1160 g/mol. The SMILES string of the molecule is CCCCCNC(=O)Nc1ccc2nc(-c3ccccc3)c(-c3ccccc3)nc2c1.CNC(=O)Nc1ccc2nc(-c3ccccc3)c(-c3ccccc3)nc2c1.COCCNC(=O)Nc1ccc2nc(-c3ccccc3)c(-c3ccccc3)nc2c1. The molecule has 438 valence electrons. The Balaban J connectivity index is 0.000000146. The third-order valence-corrected chi connectivity index (χ3v) is 13.9. The number of carbonyl (C=O) groups excluding carboxylic acids is 3. The molecule has 0 aliphatic rings. The van der Waals surface area contributed by atoms with E-state index >= 15 is 0 Å². The molecule has 0 spiro atoms. The number of ether oxygens (including phenoxy) is 1. The highest BCUT2D eigenvalue weighted by Gasteiger charge is 2.17. The summed E-state index contributed by atoms with van der Waals surface area (Å²) in [5.74, 6) is 0. The first kappa shape index (κ1) is 59.9. The van der Waals surface area contributed by atoms with Crippen molar-refractivity contribution in [3.63, 3.8) is 0 Å². The zero-order valence-electron chi connectivity index (χ0n) is 49.1. The number of amides is 6. The molecule has 3 aromatic heterocycles. The van der Waals surface area contributed by atoms with Crippen molar-refractivity contribution in [3.05, 3.63) is 237 Å². The monoisotopic (exact) mass is 1160 g/mol. The van der Waals surface area contributed by atoms with Gasteiger partial charge in [0.05, 0.1) is 73.9 Å². The molecular formula is C72H66N12O4. The number of hydrogen-bond donors (Lipinski definition) is 6. The summed E-state index contributed by atoms with van der Waals surface area (Å²) in [6.07, 6.45) is 3.22. The predicted octanol–water partition coefficient (Wildman–Crippen LogP) is 15.7. The summed E-state index contributed by atoms with van der Waals surface area (Å²) in [7, 11) is 3.17. The van der Waals surface area contributed by atoms with Crippen LogP contribution in [0.1, 0.15) is 26.2 Å². The molecule has 0 atom stereocenters. The normalized spacial score (nSPS) is 10.7. The van der Waals surface area contributed by atoms with Crippen LogP contribution in [0.25, 0.3) is 101 Å². The van der Waals surface area contributed by atoms with Gasteiger partial charge in [-0.05, 0) is 61.0 Å². The minimum absolute atomic E-state index is 0.201. The van der Waals surface area contributed by atoms with Crippen LogP contribution in [-0.4, -0.2) is 81.9 Å². The highest BCUT2D eigenvalue weighted by molar-refractivity contribution is 5.96. The Bertz CT molecular complexity index is 4280. The maximum atomic E-state index is 12.2. The third kappa shape index (κ3) is 15.7. The van der Waals surface area contributed by atoms with E-state index in [0.29, 0.717) is 42.3 Å². The van der Waals surface area contributed by atoms with E-state index in [9.17, 15) is 14.4 Å². The van der Waals surface area contributed by atoms with Crippen LogP contribution >= 0.6 is 0 Å². The van der Waals surface area contributed by atoms with Gasteiger partial charge in [-0.25, -0.2) is 44.3 Å². The van der Waals surface area contributed by atoms with Gasteiger partial charge in [0.1, 0.15) is 0 Å². The highest BCUT2D eigenvalue weighted by Crippen LogP contribution is 2.35. The number of anilines is 3. The summed E-state index contributed by atoms with van der Waals surface area (Å²) >= 11 is 0. The molecule has 3 heterocycles. The van der Waals surface area contributed by atoms with Crippen molar-refractivity contribution in [2.45, 2.75) is 26.2 Å². The molecule has 6 N–H and O–H groups in total. The zero-order chi connectivity index (χ0) is 60.9. The van der Waals surface area contributed by atoms with Crippen LogP contribution in [-0.2, 0) is 4.74 Å². The number of hydrogen-bond acceptors (Lipinski definition) is 10. The molecule has 0 saturated carbocycles. The second kappa shape index (κ2) is 30.0. The fourth-order valence-corrected chi connectivity index (χ4v) is 9.57. The van der Waals surface area contributed by atoms with Gasteiger partial charge in [0, 0.05) is 77.7 Å². The van der Waals surface area contributed by atoms with Gasteiger partial charge in [0.25, 0.3) is 0 Å². The van der Waals surface area contributed by atoms with Crippen molar-refractivity contribution in [3.8, 4) is 67.5 Å². The summed E-state index contributed by atoms with van der Waals surface area (Å²) in [5.41, 5.74) is 17.5. The van der Waals surface area contributed by atoms with E-state index in [1.165, 1.54) is 0 Å². The first-order chi connectivity index (χ1) is 43.2. The third-order valence-electron chi connectivity index (χ3n) is 13.9. The number of urea groups is 3. The van der Waals surface area contributed by atoms with Crippen molar-refractivity contribution in [1.29, 1.82) is 0 Å². The summed E-state index contributed by atoms with van der Waals surface area (Å²) in [6.45, 7) is 3.71. The average Bonchev–Trinajstić information content (AvgIpc) is 2.98. The molecule has 0 bridgehead atoms. The number of carbonyl (C=O) groups is 3. The largest absolute Gasteiger partial charge is 0.383 e. The lowest BCUT2D eigenvalue weighted by molar-refractivity contribution is 0.198. The van der Waals surface area contributed by atoms with E-state index in [1.807, 2.05) is 237 Å². The molecule has 6 amide bonds. The van der Waals surface area contributed by atoms with Crippen LogP contribution in [0.3, 0.4) is 0 Å². The van der Waals surface area contributed by atoms with Crippen molar-refractivity contribution in [1.82, 2.24) is 45.9 Å². The Hall–Kier alpha value is -11.2. The molecule has 9 aromatic carbocycles. The van der Waals surface area contributed by atoms with E-state index in [4.69, 9.17) is 34.6 Å². The number of aromatic nitrogens is 6. The zero-order valence-corrected chi connectivity index (χ0v) is 49.1. The standard InChI is InChI=1S/C26H26N4O.C24H22N4O2.C22H18N4O/c1-2-3-10-17-27-26(31)28-21-15-16-22-23(18-21)30-25(20-13-8-5-9-14-20)24(29-22)19-11-6-4-7-12-19;1-30-15-14-25-24(29)26-19-12-13-20-21(16-19)28-23(18-10-6-3-7-11-18)22(27-20)17-8-4-2-5-9-17;1-23-22(27)24-17-12-13-18-19(14-17)26-21(16-10-6-3-7-11-16)20(25-18)15-8-4-2-5-9-15/h4-9,11-16,18H,2-3,10,17H2,1H3,(H2,27,28,31);2-13,16H,14-15H2,1H3,(H2,25,26,29);2-14H,1H3,(H2,23,24,27). The van der Waals surface area contributed by atoms with E-state index in [-0.39, 0.29) is 18.1 Å². The molecule has 88 heavy (non-hydrogen) atoms. The first-order valence-electron chi connectivity index (χ1n) is 29.1. The molecular weight excluding hydrogens is 1100 g/mol. The quantitative estimate of drug-likeness (QED) is 0.0504. The number of benzene rings is 9. The number of methoxy groups -OCH3 is 1. The number of rotatable bonds is 16. The second-order valence-corrected chi connectivity index (χ2v) is 20.2. The lowest BCUT2D eigenvalue weighted by Gasteiger charge is -2.12. The molecule has 0 aliphatic carbocycles. The number of fused-ring (bicyclic) bond motifs is 3. The molecule has 16 nitrogen and oxygen atoms in total. The van der Waals surface area contributed by atoms with Crippen molar-refractivity contribution < 1.29 is 19.1 Å². The van der Waals surface area contributed by atoms with Crippen molar-refractivity contribution >= 4 is 68.3 Å². The van der Waals surface area contributed by atoms with Gasteiger partial charge in [-0.3, -0.25) is 0 Å². The lowest BCUT2D eigenvalue weighted by Crippen LogP contribution is -2.31. The summed E-state index contributed by atoms with van der Waals surface area (Å²) in [6, 6.07) is 76.1.